The van der Waals surface area contributed by atoms with E-state index in [2.05, 4.69) is 16.9 Å². The van der Waals surface area contributed by atoms with Crippen LogP contribution in [0, 0.1) is 12.3 Å². The van der Waals surface area contributed by atoms with Gasteiger partial charge in [0, 0.05) is 44.4 Å². The molecule has 8 nitrogen and oxygen atoms in total. The van der Waals surface area contributed by atoms with Gasteiger partial charge in [0.05, 0.1) is 23.9 Å². The van der Waals surface area contributed by atoms with Crippen molar-refractivity contribution >= 4 is 16.7 Å². The lowest BCUT2D eigenvalue weighted by Crippen LogP contribution is -2.63. The molecular weight excluding hydrogens is 392 g/mol. The normalized spacial score (nSPS) is 29.7. The molecule has 1 aliphatic heterocycles. The van der Waals surface area contributed by atoms with Gasteiger partial charge in [-0.15, -0.1) is 0 Å². The van der Waals surface area contributed by atoms with Gasteiger partial charge in [0.1, 0.15) is 23.3 Å². The molecule has 3 aliphatic carbocycles. The van der Waals surface area contributed by atoms with E-state index in [0.717, 1.165) is 54.2 Å². The van der Waals surface area contributed by atoms with Crippen LogP contribution in [0.5, 0.6) is 0 Å². The first kappa shape index (κ1) is 19.0. The zero-order valence-electron chi connectivity index (χ0n) is 18.6. The maximum atomic E-state index is 13.2. The number of fused-ring (bicyclic) bond motifs is 1. The van der Waals surface area contributed by atoms with Gasteiger partial charge in [-0.05, 0) is 37.7 Å². The summed E-state index contributed by atoms with van der Waals surface area (Å²) in [5.41, 5.74) is 3.42. The molecule has 0 amide bonds. The van der Waals surface area contributed by atoms with Crippen molar-refractivity contribution < 1.29 is 4.74 Å². The van der Waals surface area contributed by atoms with E-state index in [1.54, 1.807) is 16.3 Å². The van der Waals surface area contributed by atoms with E-state index in [-0.39, 0.29) is 17.1 Å². The Labute approximate surface area is 180 Å². The van der Waals surface area contributed by atoms with Crippen molar-refractivity contribution in [3.63, 3.8) is 0 Å². The average molecular weight is 421 g/mol. The highest BCUT2D eigenvalue weighted by Crippen LogP contribution is 2.73. The third-order valence-electron chi connectivity index (χ3n) is 7.56. The first-order chi connectivity index (χ1) is 14.8. The van der Waals surface area contributed by atoms with E-state index in [1.165, 1.54) is 0 Å². The van der Waals surface area contributed by atoms with Crippen LogP contribution in [0.2, 0.25) is 0 Å². The Kier molecular flexibility index (Phi) is 3.77. The number of morpholine rings is 1. The third kappa shape index (κ3) is 2.70. The van der Waals surface area contributed by atoms with Crippen LogP contribution >= 0.6 is 0 Å². The van der Waals surface area contributed by atoms with Crippen molar-refractivity contribution in [2.24, 2.45) is 19.5 Å². The van der Waals surface area contributed by atoms with Crippen LogP contribution < -0.4 is 10.5 Å². The minimum Gasteiger partial charge on any atom is -0.370 e. The number of aromatic nitrogens is 5. The zero-order chi connectivity index (χ0) is 21.5. The molecule has 4 aliphatic rings. The summed E-state index contributed by atoms with van der Waals surface area (Å²) in [5, 5.41) is 4.96. The van der Waals surface area contributed by atoms with Crippen LogP contribution in [-0.2, 0) is 24.2 Å². The molecule has 0 aromatic carbocycles. The topological polar surface area (TPSA) is 78.1 Å². The van der Waals surface area contributed by atoms with Gasteiger partial charge in [-0.1, -0.05) is 6.92 Å². The highest BCUT2D eigenvalue weighted by molar-refractivity contribution is 5.84. The van der Waals surface area contributed by atoms with E-state index < -0.39 is 0 Å². The second kappa shape index (κ2) is 6.16. The van der Waals surface area contributed by atoms with E-state index in [9.17, 15) is 4.79 Å². The van der Waals surface area contributed by atoms with Gasteiger partial charge < -0.3 is 9.64 Å². The fraction of sp³-hybridized carbons (Fsp3) is 0.565. The smallest absolute Gasteiger partial charge is 0.261 e. The molecule has 1 saturated heterocycles. The van der Waals surface area contributed by atoms with Crippen LogP contribution in [0.25, 0.3) is 10.9 Å². The summed E-state index contributed by atoms with van der Waals surface area (Å²) in [4.78, 5) is 25.4. The minimum absolute atomic E-state index is 0.00211. The Morgan fingerprint density at radius 2 is 1.97 bits per heavy atom. The SMILES string of the molecule is Cc1nc2c(C34CC(C)(C3)C4)nc(N3CCO[C@H](c4cnn(C)c4)C3)cc2c(=O)n1C. The molecule has 4 fully saturated rings. The summed E-state index contributed by atoms with van der Waals surface area (Å²) >= 11 is 0. The van der Waals surface area contributed by atoms with Gasteiger partial charge in [0.15, 0.2) is 0 Å². The van der Waals surface area contributed by atoms with Gasteiger partial charge in [0.2, 0.25) is 0 Å². The van der Waals surface area contributed by atoms with Crippen LogP contribution in [-0.4, -0.2) is 44.0 Å². The predicted molar refractivity (Wildman–Crippen MR) is 117 cm³/mol. The number of anilines is 1. The number of ether oxygens (including phenoxy) is 1. The van der Waals surface area contributed by atoms with Crippen molar-refractivity contribution in [1.82, 2.24) is 24.3 Å². The standard InChI is InChI=1S/C23H28N6O2/c1-14-25-19-16(21(30)28(14)4)7-18(26-20(19)23-11-22(2,12-23)13-23)29-5-6-31-17(10-29)15-8-24-27(3)9-15/h7-9,17H,5-6,10-13H2,1-4H3/t17-,22?,23?/m0/s1. The molecule has 0 spiro atoms. The van der Waals surface area contributed by atoms with Crippen LogP contribution in [0.15, 0.2) is 23.3 Å². The summed E-state index contributed by atoms with van der Waals surface area (Å²) in [6.07, 6.45) is 7.22. The first-order valence-electron chi connectivity index (χ1n) is 11.0. The van der Waals surface area contributed by atoms with Gasteiger partial charge in [-0.3, -0.25) is 14.0 Å². The molecule has 0 N–H and O–H groups in total. The second-order valence-electron chi connectivity index (χ2n) is 10.1. The summed E-state index contributed by atoms with van der Waals surface area (Å²) in [6.45, 7) is 6.29. The number of aryl methyl sites for hydroxylation is 2. The molecule has 2 bridgehead atoms. The van der Waals surface area contributed by atoms with E-state index in [1.807, 2.05) is 32.4 Å². The number of hydrogen-bond donors (Lipinski definition) is 0. The molecule has 3 aromatic rings. The summed E-state index contributed by atoms with van der Waals surface area (Å²) in [7, 11) is 3.70. The lowest BCUT2D eigenvalue weighted by Gasteiger charge is -2.69. The van der Waals surface area contributed by atoms with Crippen molar-refractivity contribution in [1.29, 1.82) is 0 Å². The maximum absolute atomic E-state index is 13.2. The molecule has 3 aromatic heterocycles. The fourth-order valence-electron chi connectivity index (χ4n) is 6.11. The van der Waals surface area contributed by atoms with Crippen molar-refractivity contribution in [2.75, 3.05) is 24.6 Å². The summed E-state index contributed by atoms with van der Waals surface area (Å²) in [6, 6.07) is 1.94. The number of nitrogens with zero attached hydrogens (tertiary/aromatic N) is 6. The molecule has 3 saturated carbocycles. The zero-order valence-corrected chi connectivity index (χ0v) is 18.6. The van der Waals surface area contributed by atoms with E-state index >= 15 is 0 Å². The first-order valence-corrected chi connectivity index (χ1v) is 11.0. The molecule has 4 heterocycles. The average Bonchev–Trinajstić information content (AvgIpc) is 3.15. The highest BCUT2D eigenvalue weighted by Gasteiger charge is 2.67. The molecule has 8 heteroatoms. The van der Waals surface area contributed by atoms with E-state index in [4.69, 9.17) is 14.7 Å². The van der Waals surface area contributed by atoms with Gasteiger partial charge in [-0.2, -0.15) is 5.10 Å². The fourth-order valence-corrected chi connectivity index (χ4v) is 6.11. The number of hydrogen-bond acceptors (Lipinski definition) is 6. The molecule has 0 radical (unpaired) electrons. The Morgan fingerprint density at radius 1 is 1.19 bits per heavy atom. The maximum Gasteiger partial charge on any atom is 0.261 e. The Morgan fingerprint density at radius 3 is 2.65 bits per heavy atom. The Bertz CT molecular complexity index is 1260. The largest absolute Gasteiger partial charge is 0.370 e. The summed E-state index contributed by atoms with van der Waals surface area (Å²) in [5.74, 6) is 1.59. The lowest BCUT2D eigenvalue weighted by molar-refractivity contribution is -0.127. The van der Waals surface area contributed by atoms with Gasteiger partial charge >= 0.3 is 0 Å². The van der Waals surface area contributed by atoms with Gasteiger partial charge in [-0.25, -0.2) is 9.97 Å². The minimum atomic E-state index is -0.0590. The predicted octanol–water partition coefficient (Wildman–Crippen LogP) is 2.39. The molecule has 31 heavy (non-hydrogen) atoms. The molecular formula is C23H28N6O2. The number of pyridine rings is 1. The Balaban J connectivity index is 1.45. The highest BCUT2D eigenvalue weighted by atomic mass is 16.5. The molecule has 162 valence electrons. The Hall–Kier alpha value is -2.74. The molecule has 1 atom stereocenters. The summed E-state index contributed by atoms with van der Waals surface area (Å²) < 4.78 is 9.46. The van der Waals surface area contributed by atoms with Crippen molar-refractivity contribution in [3.05, 3.63) is 45.9 Å². The van der Waals surface area contributed by atoms with Gasteiger partial charge in [0.25, 0.3) is 5.56 Å². The van der Waals surface area contributed by atoms with Crippen LogP contribution in [0.1, 0.15) is 49.4 Å². The second-order valence-corrected chi connectivity index (χ2v) is 10.1. The molecule has 0 unspecified atom stereocenters. The van der Waals surface area contributed by atoms with Crippen LogP contribution in [0.4, 0.5) is 5.82 Å². The molecule has 7 rings (SSSR count). The van der Waals surface area contributed by atoms with E-state index in [0.29, 0.717) is 24.0 Å². The van der Waals surface area contributed by atoms with Crippen LogP contribution in [0.3, 0.4) is 0 Å². The monoisotopic (exact) mass is 420 g/mol. The third-order valence-corrected chi connectivity index (χ3v) is 7.56. The lowest BCUT2D eigenvalue weighted by atomic mass is 9.35. The van der Waals surface area contributed by atoms with Crippen molar-refractivity contribution in [2.45, 2.75) is 44.6 Å². The quantitative estimate of drug-likeness (QED) is 0.648. The van der Waals surface area contributed by atoms with Crippen molar-refractivity contribution in [3.8, 4) is 0 Å². The number of rotatable bonds is 3.